The Kier molecular flexibility index (Phi) is 7.87. The van der Waals surface area contributed by atoms with Gasteiger partial charge in [-0.1, -0.05) is 54.1 Å². The average Bonchev–Trinajstić information content (AvgIpc) is 3.48. The summed E-state index contributed by atoms with van der Waals surface area (Å²) in [7, 11) is -1.94. The van der Waals surface area contributed by atoms with E-state index in [1.54, 1.807) is 24.3 Å². The first-order chi connectivity index (χ1) is 25.1. The monoisotopic (exact) mass is 770 g/mol. The number of allylic oxidation sites excluding steroid dienone is 2. The first-order valence-corrected chi connectivity index (χ1v) is 16.8. The molecule has 2 aliphatic heterocycles. The number of alkyl halides is 2. The van der Waals surface area contributed by atoms with Crippen molar-refractivity contribution in [2.24, 2.45) is 17.8 Å². The van der Waals surface area contributed by atoms with E-state index in [2.05, 4.69) is 0 Å². The molecule has 6 atom stereocenters. The fraction of sp³-hybridized carbons (Fsp3) is 0.222. The van der Waals surface area contributed by atoms with Crippen LogP contribution in [0.5, 0.6) is 5.75 Å². The van der Waals surface area contributed by atoms with Crippen LogP contribution in [0.2, 0.25) is 0 Å². The summed E-state index contributed by atoms with van der Waals surface area (Å²) in [6.07, 6.45) is 0.652. The molecule has 3 fully saturated rings. The van der Waals surface area contributed by atoms with E-state index in [1.165, 1.54) is 42.5 Å². The average molecular weight is 771 g/mol. The Balaban J connectivity index is 1.36. The minimum Gasteiger partial charge on any atom is -0.508 e. The van der Waals surface area contributed by atoms with E-state index >= 15 is 8.78 Å². The number of anilines is 2. The zero-order chi connectivity index (χ0) is 38.0. The number of nitrogens with zero attached hydrogens (tertiary/aromatic N) is 2. The number of aromatic hydroxyl groups is 1. The van der Waals surface area contributed by atoms with Gasteiger partial charge in [0.15, 0.2) is 33.0 Å². The molecule has 3 N–H and O–H groups in total. The first kappa shape index (κ1) is 35.2. The van der Waals surface area contributed by atoms with Crippen LogP contribution in [-0.2, 0) is 19.2 Å². The third-order valence-electron chi connectivity index (χ3n) is 10.9. The predicted molar refractivity (Wildman–Crippen MR) is 181 cm³/mol. The molecule has 8 rings (SSSR count). The third-order valence-corrected chi connectivity index (χ3v) is 12.3. The number of rotatable bonds is 4. The van der Waals surface area contributed by atoms with Gasteiger partial charge in [0.1, 0.15) is 11.4 Å². The summed E-state index contributed by atoms with van der Waals surface area (Å²) >= 11 is 14.4. The molecule has 6 unspecified atom stereocenters. The Hall–Kier alpha value is -4.83. The lowest BCUT2D eigenvalue weighted by Gasteiger charge is -2.51. The van der Waals surface area contributed by atoms with Gasteiger partial charge < -0.3 is 15.2 Å². The van der Waals surface area contributed by atoms with Gasteiger partial charge in [-0.2, -0.15) is 0 Å². The number of phenols is 1. The van der Waals surface area contributed by atoms with Gasteiger partial charge in [-0.15, -0.1) is 23.2 Å². The Morgan fingerprint density at radius 2 is 1.42 bits per heavy atom. The number of fused-ring (bicyclic) bond motifs is 5. The summed E-state index contributed by atoms with van der Waals surface area (Å²) < 4.78 is 73.9. The normalized spacial score (nSPS) is 28.0. The number of carbonyl (C=O) groups is 4. The Bertz CT molecular complexity index is 2370. The topological polar surface area (TPSA) is 135 Å². The lowest BCUT2D eigenvalue weighted by atomic mass is 9.56. The molecule has 0 spiro atoms. The minimum atomic E-state index is -2.82. The largest absolute Gasteiger partial charge is 0.508 e. The molecular weight excluding hydrogens is 749 g/mol. The number of hydrogen-bond donors (Lipinski definition) is 3. The van der Waals surface area contributed by atoms with Crippen LogP contribution < -0.4 is 15.3 Å². The van der Waals surface area contributed by atoms with Gasteiger partial charge >= 0.3 is 7.12 Å². The van der Waals surface area contributed by atoms with Gasteiger partial charge in [0.05, 0.1) is 17.5 Å². The molecule has 0 bridgehead atoms. The zero-order valence-electron chi connectivity index (χ0n) is 26.7. The van der Waals surface area contributed by atoms with Crippen molar-refractivity contribution in [2.75, 3.05) is 9.80 Å². The summed E-state index contributed by atoms with van der Waals surface area (Å²) in [5, 5.41) is 31.7. The van der Waals surface area contributed by atoms with E-state index in [4.69, 9.17) is 23.2 Å². The van der Waals surface area contributed by atoms with Crippen LogP contribution in [-0.4, -0.2) is 55.7 Å². The van der Waals surface area contributed by atoms with Crippen LogP contribution in [0, 0.1) is 46.8 Å². The second-order valence-electron chi connectivity index (χ2n) is 13.4. The Morgan fingerprint density at radius 3 is 2.09 bits per heavy atom. The second kappa shape index (κ2) is 11.8. The number of phenolic OH excluding ortho intramolecular Hbond substituents is 1. The van der Waals surface area contributed by atoms with Crippen molar-refractivity contribution in [2.45, 2.75) is 28.5 Å². The first-order valence-electron chi connectivity index (χ1n) is 16.1. The van der Waals surface area contributed by atoms with Crippen LogP contribution in [0.15, 0.2) is 72.3 Å². The van der Waals surface area contributed by atoms with Crippen LogP contribution in [0.1, 0.15) is 24.3 Å². The van der Waals surface area contributed by atoms with Gasteiger partial charge in [0.2, 0.25) is 17.6 Å². The summed E-state index contributed by atoms with van der Waals surface area (Å²) in [5.41, 5.74) is -1.87. The number of hydrogen-bond acceptors (Lipinski definition) is 7. The standard InChI is InChI=1S/C36H22BCl2F5N2O7/c38-35-13-20-18(9-10-19-22(20)32(49)45(31(19)48)16-6-3-5-15(12-16)37(52)53)24(23-17-7-2-1-4-14(17)8-11-21(23)47)36(35,39)34(51)46(33(35)50)30-28(43)26(41)25(40)27(42)29(30)44/h1-9,11-12,19-20,22,24,47,52-53H,10,13H2. The smallest absolute Gasteiger partial charge is 0.488 e. The van der Waals surface area contributed by atoms with Crippen LogP contribution >= 0.6 is 23.2 Å². The SMILES string of the molecule is O=C1C2CC=C3C(CC4(Cl)C(=O)N(c5c(F)c(F)c(F)c(F)c5F)C(=O)C4(Cl)C3c3c(O)ccc4ccccc34)C2C(=O)N1c1cccc(B(O)O)c1. The summed E-state index contributed by atoms with van der Waals surface area (Å²) in [4.78, 5) is 52.3. The van der Waals surface area contributed by atoms with Crippen molar-refractivity contribution < 1.29 is 56.3 Å². The molecule has 4 aliphatic rings. The van der Waals surface area contributed by atoms with E-state index in [1.807, 2.05) is 0 Å². The molecule has 2 aliphatic carbocycles. The molecule has 4 aromatic carbocycles. The van der Waals surface area contributed by atoms with Crippen molar-refractivity contribution >= 4 is 81.6 Å². The number of amides is 4. The van der Waals surface area contributed by atoms with Crippen LogP contribution in [0.25, 0.3) is 10.8 Å². The molecule has 1 saturated carbocycles. The molecule has 9 nitrogen and oxygen atoms in total. The maximum Gasteiger partial charge on any atom is 0.488 e. The van der Waals surface area contributed by atoms with Crippen molar-refractivity contribution in [3.8, 4) is 5.75 Å². The van der Waals surface area contributed by atoms with Crippen molar-refractivity contribution in [1.29, 1.82) is 0 Å². The van der Waals surface area contributed by atoms with Gasteiger partial charge in [0.25, 0.3) is 11.8 Å². The molecule has 270 valence electrons. The fourth-order valence-electron chi connectivity index (χ4n) is 8.55. The Morgan fingerprint density at radius 1 is 0.755 bits per heavy atom. The quantitative estimate of drug-likeness (QED) is 0.0522. The number of benzene rings is 4. The number of halogens is 7. The van der Waals surface area contributed by atoms with Crippen molar-refractivity contribution in [3.05, 3.63) is 107 Å². The van der Waals surface area contributed by atoms with Crippen molar-refractivity contribution in [1.82, 2.24) is 0 Å². The molecular formula is C36H22BCl2F5N2O7. The molecule has 4 aromatic rings. The summed E-state index contributed by atoms with van der Waals surface area (Å²) in [6, 6.07) is 14.6. The van der Waals surface area contributed by atoms with Gasteiger partial charge in [-0.25, -0.2) is 26.9 Å². The number of imide groups is 2. The number of carbonyl (C=O) groups excluding carboxylic acids is 4. The van der Waals surface area contributed by atoms with E-state index in [0.717, 1.165) is 4.90 Å². The van der Waals surface area contributed by atoms with E-state index in [9.17, 15) is 47.5 Å². The molecule has 17 heteroatoms. The highest BCUT2D eigenvalue weighted by molar-refractivity contribution is 6.59. The van der Waals surface area contributed by atoms with Gasteiger partial charge in [-0.3, -0.25) is 24.1 Å². The summed E-state index contributed by atoms with van der Waals surface area (Å²) in [5.74, 6) is -23.0. The lowest BCUT2D eigenvalue weighted by molar-refractivity contribution is -0.125. The molecule has 0 aromatic heterocycles. The third kappa shape index (κ3) is 4.51. The fourth-order valence-corrected chi connectivity index (χ4v) is 9.47. The predicted octanol–water partition coefficient (Wildman–Crippen LogP) is 4.69. The highest BCUT2D eigenvalue weighted by Gasteiger charge is 2.77. The lowest BCUT2D eigenvalue weighted by Crippen LogP contribution is -2.60. The van der Waals surface area contributed by atoms with E-state index in [0.29, 0.717) is 5.39 Å². The summed E-state index contributed by atoms with van der Waals surface area (Å²) in [6.45, 7) is 0. The van der Waals surface area contributed by atoms with Crippen LogP contribution in [0.3, 0.4) is 0 Å². The van der Waals surface area contributed by atoms with Gasteiger partial charge in [0, 0.05) is 11.5 Å². The maximum atomic E-state index is 15.3. The van der Waals surface area contributed by atoms with Crippen molar-refractivity contribution in [3.63, 3.8) is 0 Å². The molecule has 4 amide bonds. The highest BCUT2D eigenvalue weighted by Crippen LogP contribution is 2.67. The second-order valence-corrected chi connectivity index (χ2v) is 14.6. The highest BCUT2D eigenvalue weighted by atomic mass is 35.5. The van der Waals surface area contributed by atoms with Gasteiger partial charge in [-0.05, 0) is 53.2 Å². The molecule has 53 heavy (non-hydrogen) atoms. The van der Waals surface area contributed by atoms with E-state index in [-0.39, 0.29) is 39.0 Å². The Labute approximate surface area is 305 Å². The zero-order valence-corrected chi connectivity index (χ0v) is 28.2. The maximum absolute atomic E-state index is 15.3. The molecule has 2 heterocycles. The van der Waals surface area contributed by atoms with Crippen LogP contribution in [0.4, 0.5) is 33.3 Å². The molecule has 0 radical (unpaired) electrons. The minimum absolute atomic E-state index is 0.00232. The van der Waals surface area contributed by atoms with E-state index < -0.39 is 111 Å². The molecule has 2 saturated heterocycles.